The van der Waals surface area contributed by atoms with Crippen LogP contribution >= 0.6 is 0 Å². The fourth-order valence-corrected chi connectivity index (χ4v) is 5.84. The second-order valence-electron chi connectivity index (χ2n) is 9.78. The quantitative estimate of drug-likeness (QED) is 0.682. The molecule has 178 valence electrons. The van der Waals surface area contributed by atoms with Crippen molar-refractivity contribution in [3.63, 3.8) is 0 Å². The zero-order valence-corrected chi connectivity index (χ0v) is 19.1. The molecule has 4 heterocycles. The molecule has 0 bridgehead atoms. The number of piperidine rings is 3. The Hall–Kier alpha value is -2.52. The number of hydrogen-bond acceptors (Lipinski definition) is 5. The zero-order chi connectivity index (χ0) is 23.1. The molecule has 5 rings (SSSR count). The first-order chi connectivity index (χ1) is 15.9. The Morgan fingerprint density at radius 3 is 2.45 bits per heavy atom. The van der Waals surface area contributed by atoms with Crippen LogP contribution in [-0.4, -0.2) is 58.6 Å². The number of rotatable bonds is 4. The second kappa shape index (κ2) is 9.02. The second-order valence-corrected chi connectivity index (χ2v) is 9.78. The van der Waals surface area contributed by atoms with Crippen LogP contribution in [0, 0.1) is 11.7 Å². The summed E-state index contributed by atoms with van der Waals surface area (Å²) in [6.07, 6.45) is 4.65. The standard InChI is InChI=1S/C24H32FN5O3/c1-28-22-18(30(24(28)33)19-4-5-20(31)27-23(19)32)3-2-17(21(22)25)16-8-12-29(13-9-16)14-15-6-10-26-11-7-15/h2-3,15-16,19,26H,4-14H2,1H3,(H,27,31,32). The van der Waals surface area contributed by atoms with Crippen molar-refractivity contribution in [1.82, 2.24) is 24.7 Å². The van der Waals surface area contributed by atoms with Gasteiger partial charge in [0.2, 0.25) is 11.8 Å². The summed E-state index contributed by atoms with van der Waals surface area (Å²) >= 11 is 0. The van der Waals surface area contributed by atoms with Gasteiger partial charge in [-0.2, -0.15) is 0 Å². The predicted molar refractivity (Wildman–Crippen MR) is 123 cm³/mol. The lowest BCUT2D eigenvalue weighted by Gasteiger charge is -2.35. The molecule has 3 aliphatic rings. The van der Waals surface area contributed by atoms with Crippen molar-refractivity contribution < 1.29 is 14.0 Å². The van der Waals surface area contributed by atoms with Crippen molar-refractivity contribution in [2.75, 3.05) is 32.7 Å². The number of nitrogens with one attached hydrogen (secondary N) is 2. The molecule has 0 spiro atoms. The van der Waals surface area contributed by atoms with E-state index >= 15 is 4.39 Å². The van der Waals surface area contributed by atoms with E-state index in [1.165, 1.54) is 22.0 Å². The summed E-state index contributed by atoms with van der Waals surface area (Å²) in [6, 6.07) is 2.75. The predicted octanol–water partition coefficient (Wildman–Crippen LogP) is 1.64. The van der Waals surface area contributed by atoms with Gasteiger partial charge in [0, 0.05) is 20.0 Å². The molecule has 1 unspecified atom stereocenters. The minimum Gasteiger partial charge on any atom is -0.317 e. The number of hydrogen-bond donors (Lipinski definition) is 2. The van der Waals surface area contributed by atoms with E-state index in [1.807, 2.05) is 0 Å². The third-order valence-electron chi connectivity index (χ3n) is 7.74. The van der Waals surface area contributed by atoms with E-state index in [2.05, 4.69) is 15.5 Å². The van der Waals surface area contributed by atoms with E-state index in [0.29, 0.717) is 11.1 Å². The Kier molecular flexibility index (Phi) is 6.09. The molecule has 1 atom stereocenters. The van der Waals surface area contributed by atoms with Crippen molar-refractivity contribution in [3.8, 4) is 0 Å². The van der Waals surface area contributed by atoms with Gasteiger partial charge in [0.15, 0.2) is 5.82 Å². The van der Waals surface area contributed by atoms with Gasteiger partial charge >= 0.3 is 5.69 Å². The number of carbonyl (C=O) groups excluding carboxylic acids is 2. The van der Waals surface area contributed by atoms with Crippen molar-refractivity contribution >= 4 is 22.8 Å². The molecule has 1 aromatic carbocycles. The third kappa shape index (κ3) is 4.12. The van der Waals surface area contributed by atoms with Gasteiger partial charge in [-0.25, -0.2) is 9.18 Å². The number of imide groups is 1. The summed E-state index contributed by atoms with van der Waals surface area (Å²) in [4.78, 5) is 39.4. The van der Waals surface area contributed by atoms with E-state index < -0.39 is 17.6 Å². The van der Waals surface area contributed by atoms with Gasteiger partial charge in [-0.3, -0.25) is 24.0 Å². The first kappa shape index (κ1) is 22.3. The smallest absolute Gasteiger partial charge is 0.317 e. The number of benzene rings is 1. The van der Waals surface area contributed by atoms with E-state index in [0.717, 1.165) is 51.5 Å². The molecule has 0 aliphatic carbocycles. The number of carbonyl (C=O) groups is 2. The van der Waals surface area contributed by atoms with Gasteiger partial charge < -0.3 is 10.2 Å². The minimum atomic E-state index is -0.803. The molecule has 1 aromatic heterocycles. The van der Waals surface area contributed by atoms with Crippen LogP contribution < -0.4 is 16.3 Å². The summed E-state index contributed by atoms with van der Waals surface area (Å²) in [7, 11) is 1.54. The average molecular weight is 458 g/mol. The van der Waals surface area contributed by atoms with Crippen LogP contribution in [0.25, 0.3) is 11.0 Å². The fourth-order valence-electron chi connectivity index (χ4n) is 5.84. The molecule has 9 heteroatoms. The van der Waals surface area contributed by atoms with E-state index in [4.69, 9.17) is 0 Å². The Bertz CT molecular complexity index is 1130. The zero-order valence-electron chi connectivity index (χ0n) is 19.1. The van der Waals surface area contributed by atoms with E-state index in [-0.39, 0.29) is 36.0 Å². The number of likely N-dealkylation sites (tertiary alicyclic amines) is 1. The minimum absolute atomic E-state index is 0.118. The van der Waals surface area contributed by atoms with Gasteiger partial charge in [0.05, 0.1) is 5.52 Å². The maximum absolute atomic E-state index is 15.8. The van der Waals surface area contributed by atoms with Gasteiger partial charge in [0.25, 0.3) is 0 Å². The monoisotopic (exact) mass is 457 g/mol. The Morgan fingerprint density at radius 1 is 1.03 bits per heavy atom. The molecule has 8 nitrogen and oxygen atoms in total. The molecule has 2 aromatic rings. The molecule has 0 radical (unpaired) electrons. The van der Waals surface area contributed by atoms with Gasteiger partial charge in [0.1, 0.15) is 11.6 Å². The van der Waals surface area contributed by atoms with Crippen LogP contribution in [0.3, 0.4) is 0 Å². The van der Waals surface area contributed by atoms with Gasteiger partial charge in [-0.15, -0.1) is 0 Å². The largest absolute Gasteiger partial charge is 0.329 e. The Morgan fingerprint density at radius 2 is 1.76 bits per heavy atom. The summed E-state index contributed by atoms with van der Waals surface area (Å²) in [5, 5.41) is 5.70. The van der Waals surface area contributed by atoms with Gasteiger partial charge in [-0.05, 0) is 81.7 Å². The maximum atomic E-state index is 15.8. The number of amides is 2. The molecular weight excluding hydrogens is 425 g/mol. The van der Waals surface area contributed by atoms with Crippen LogP contribution in [0.5, 0.6) is 0 Å². The first-order valence-corrected chi connectivity index (χ1v) is 12.1. The SMILES string of the molecule is Cn1c(=O)n(C2CCC(=O)NC2=O)c2ccc(C3CCN(CC4CCNCC4)CC3)c(F)c21. The van der Waals surface area contributed by atoms with Crippen molar-refractivity contribution in [2.45, 2.75) is 50.5 Å². The maximum Gasteiger partial charge on any atom is 0.329 e. The molecule has 2 amide bonds. The van der Waals surface area contributed by atoms with Crippen LogP contribution in [0.15, 0.2) is 16.9 Å². The molecule has 33 heavy (non-hydrogen) atoms. The lowest BCUT2D eigenvalue weighted by molar-refractivity contribution is -0.135. The Labute approximate surface area is 192 Å². The third-order valence-corrected chi connectivity index (χ3v) is 7.74. The number of fused-ring (bicyclic) bond motifs is 1. The van der Waals surface area contributed by atoms with Crippen molar-refractivity contribution in [3.05, 3.63) is 34.0 Å². The molecule has 3 aliphatic heterocycles. The molecular formula is C24H32FN5O3. The number of nitrogens with zero attached hydrogens (tertiary/aromatic N) is 3. The lowest BCUT2D eigenvalue weighted by Crippen LogP contribution is -2.44. The fraction of sp³-hybridized carbons (Fsp3) is 0.625. The highest BCUT2D eigenvalue weighted by molar-refractivity contribution is 6.00. The van der Waals surface area contributed by atoms with Crippen LogP contribution in [0.4, 0.5) is 4.39 Å². The number of imidazole rings is 1. The first-order valence-electron chi connectivity index (χ1n) is 12.1. The van der Waals surface area contributed by atoms with Crippen LogP contribution in [0.2, 0.25) is 0 Å². The van der Waals surface area contributed by atoms with E-state index in [9.17, 15) is 14.4 Å². The summed E-state index contributed by atoms with van der Waals surface area (Å²) in [6.45, 7) is 5.25. The highest BCUT2D eigenvalue weighted by Crippen LogP contribution is 2.34. The lowest BCUT2D eigenvalue weighted by atomic mass is 9.87. The summed E-state index contributed by atoms with van der Waals surface area (Å²) in [5.41, 5.74) is 0.855. The van der Waals surface area contributed by atoms with E-state index in [1.54, 1.807) is 19.2 Å². The average Bonchev–Trinajstić information content (AvgIpc) is 3.06. The molecule has 3 saturated heterocycles. The topological polar surface area (TPSA) is 88.4 Å². The highest BCUT2D eigenvalue weighted by atomic mass is 19.1. The number of halogens is 1. The van der Waals surface area contributed by atoms with Crippen molar-refractivity contribution in [2.24, 2.45) is 13.0 Å². The summed E-state index contributed by atoms with van der Waals surface area (Å²) < 4.78 is 18.4. The normalized spacial score (nSPS) is 23.9. The van der Waals surface area contributed by atoms with Crippen molar-refractivity contribution in [1.29, 1.82) is 0 Å². The molecule has 0 saturated carbocycles. The molecule has 2 N–H and O–H groups in total. The van der Waals surface area contributed by atoms with Crippen LogP contribution in [-0.2, 0) is 16.6 Å². The Balaban J connectivity index is 1.37. The number of aromatic nitrogens is 2. The number of aryl methyl sites for hydroxylation is 1. The summed E-state index contributed by atoms with van der Waals surface area (Å²) in [5.74, 6) is -0.351. The highest BCUT2D eigenvalue weighted by Gasteiger charge is 2.33. The molecule has 3 fully saturated rings. The van der Waals surface area contributed by atoms with Gasteiger partial charge in [-0.1, -0.05) is 6.07 Å². The van der Waals surface area contributed by atoms with Crippen LogP contribution in [0.1, 0.15) is 56.0 Å².